The highest BCUT2D eigenvalue weighted by molar-refractivity contribution is 5.96. The molecule has 0 heterocycles. The number of methoxy groups -OCH3 is 1. The zero-order valence-corrected chi connectivity index (χ0v) is 14.9. The summed E-state index contributed by atoms with van der Waals surface area (Å²) < 4.78 is 4.62. The maximum Gasteiger partial charge on any atom is 0.337 e. The highest BCUT2D eigenvalue weighted by atomic mass is 16.5. The van der Waals surface area contributed by atoms with E-state index in [0.29, 0.717) is 16.8 Å². The Labute approximate surface area is 152 Å². The topological polar surface area (TPSA) is 87.7 Å². The predicted octanol–water partition coefficient (Wildman–Crippen LogP) is 2.23. The van der Waals surface area contributed by atoms with E-state index >= 15 is 0 Å². The van der Waals surface area contributed by atoms with E-state index in [9.17, 15) is 14.4 Å². The molecule has 0 bridgehead atoms. The molecule has 2 N–H and O–H groups in total. The number of carbonyl (C=O) groups is 3. The lowest BCUT2D eigenvalue weighted by Gasteiger charge is -2.11. The molecule has 0 radical (unpaired) electrons. The number of carbonyl (C=O) groups excluding carboxylic acids is 3. The fraction of sp³-hybridized carbons (Fsp3) is 0.211. The van der Waals surface area contributed by atoms with E-state index < -0.39 is 5.97 Å². The van der Waals surface area contributed by atoms with E-state index in [1.54, 1.807) is 62.6 Å². The molecule has 7 heteroatoms. The van der Waals surface area contributed by atoms with Gasteiger partial charge in [0.1, 0.15) is 0 Å². The van der Waals surface area contributed by atoms with E-state index in [1.165, 1.54) is 12.0 Å². The van der Waals surface area contributed by atoms with Crippen molar-refractivity contribution in [3.8, 4) is 0 Å². The Kier molecular flexibility index (Phi) is 6.32. The van der Waals surface area contributed by atoms with Gasteiger partial charge in [0, 0.05) is 31.0 Å². The molecule has 2 rings (SSSR count). The van der Waals surface area contributed by atoms with Gasteiger partial charge in [-0.3, -0.25) is 9.59 Å². The molecular formula is C19H21N3O4. The Morgan fingerprint density at radius 3 is 1.96 bits per heavy atom. The molecule has 136 valence electrons. The van der Waals surface area contributed by atoms with Crippen molar-refractivity contribution in [2.45, 2.75) is 0 Å². The summed E-state index contributed by atoms with van der Waals surface area (Å²) in [5.74, 6) is -0.741. The monoisotopic (exact) mass is 355 g/mol. The van der Waals surface area contributed by atoms with Crippen LogP contribution >= 0.6 is 0 Å². The smallest absolute Gasteiger partial charge is 0.337 e. The summed E-state index contributed by atoms with van der Waals surface area (Å²) in [6.07, 6.45) is 0. The van der Waals surface area contributed by atoms with Gasteiger partial charge in [-0.05, 0) is 48.5 Å². The van der Waals surface area contributed by atoms with Crippen LogP contribution in [0.1, 0.15) is 20.7 Å². The van der Waals surface area contributed by atoms with Crippen LogP contribution in [-0.2, 0) is 9.53 Å². The van der Waals surface area contributed by atoms with Crippen LogP contribution in [0.5, 0.6) is 0 Å². The SMILES string of the molecule is COC(=O)c1ccc(NC(=O)CNc2ccc(C(=O)N(C)C)cc2)cc1. The summed E-state index contributed by atoms with van der Waals surface area (Å²) in [5.41, 5.74) is 2.31. The van der Waals surface area contributed by atoms with Crippen molar-refractivity contribution in [3.63, 3.8) is 0 Å². The molecular weight excluding hydrogens is 334 g/mol. The van der Waals surface area contributed by atoms with Crippen molar-refractivity contribution in [2.24, 2.45) is 0 Å². The number of hydrogen-bond acceptors (Lipinski definition) is 5. The average Bonchev–Trinajstić information content (AvgIpc) is 2.66. The Morgan fingerprint density at radius 2 is 1.42 bits per heavy atom. The number of nitrogens with one attached hydrogen (secondary N) is 2. The number of anilines is 2. The van der Waals surface area contributed by atoms with Crippen LogP contribution in [0.3, 0.4) is 0 Å². The first-order valence-corrected chi connectivity index (χ1v) is 7.94. The fourth-order valence-electron chi connectivity index (χ4n) is 2.18. The minimum atomic E-state index is -0.430. The molecule has 0 fully saturated rings. The molecule has 0 unspecified atom stereocenters. The lowest BCUT2D eigenvalue weighted by atomic mass is 10.2. The first-order chi connectivity index (χ1) is 12.4. The number of ether oxygens (including phenoxy) is 1. The van der Waals surface area contributed by atoms with Gasteiger partial charge < -0.3 is 20.3 Å². The van der Waals surface area contributed by atoms with Gasteiger partial charge in [-0.25, -0.2) is 4.79 Å². The molecule has 2 aromatic rings. The molecule has 0 spiro atoms. The summed E-state index contributed by atoms with van der Waals surface area (Å²) in [5, 5.41) is 5.71. The van der Waals surface area contributed by atoms with Crippen molar-refractivity contribution in [2.75, 3.05) is 38.4 Å². The minimum absolute atomic E-state index is 0.0692. The largest absolute Gasteiger partial charge is 0.465 e. The van der Waals surface area contributed by atoms with E-state index in [0.717, 1.165) is 5.69 Å². The molecule has 7 nitrogen and oxygen atoms in total. The summed E-state index contributed by atoms with van der Waals surface area (Å²) in [6.45, 7) is 0.0692. The summed E-state index contributed by atoms with van der Waals surface area (Å²) >= 11 is 0. The van der Waals surface area contributed by atoms with Crippen molar-refractivity contribution in [3.05, 3.63) is 59.7 Å². The Balaban J connectivity index is 1.86. The summed E-state index contributed by atoms with van der Waals surface area (Å²) in [6, 6.07) is 13.3. The first-order valence-electron chi connectivity index (χ1n) is 7.94. The highest BCUT2D eigenvalue weighted by Crippen LogP contribution is 2.12. The van der Waals surface area contributed by atoms with Gasteiger partial charge in [-0.1, -0.05) is 0 Å². The maximum absolute atomic E-state index is 12.0. The number of nitrogens with zero attached hydrogens (tertiary/aromatic N) is 1. The second-order valence-electron chi connectivity index (χ2n) is 5.75. The van der Waals surface area contributed by atoms with Gasteiger partial charge in [0.15, 0.2) is 0 Å². The van der Waals surface area contributed by atoms with Crippen molar-refractivity contribution < 1.29 is 19.1 Å². The predicted molar refractivity (Wildman–Crippen MR) is 99.4 cm³/mol. The van der Waals surface area contributed by atoms with Gasteiger partial charge in [0.25, 0.3) is 5.91 Å². The third-order valence-electron chi connectivity index (χ3n) is 3.58. The van der Waals surface area contributed by atoms with Crippen LogP contribution in [0, 0.1) is 0 Å². The van der Waals surface area contributed by atoms with E-state index in [-0.39, 0.29) is 18.4 Å². The Morgan fingerprint density at radius 1 is 0.885 bits per heavy atom. The Bertz CT molecular complexity index is 783. The number of rotatable bonds is 6. The third kappa shape index (κ3) is 5.07. The van der Waals surface area contributed by atoms with Crippen molar-refractivity contribution >= 4 is 29.2 Å². The molecule has 0 saturated carbocycles. The molecule has 0 atom stereocenters. The van der Waals surface area contributed by atoms with Gasteiger partial charge >= 0.3 is 5.97 Å². The lowest BCUT2D eigenvalue weighted by Crippen LogP contribution is -2.22. The van der Waals surface area contributed by atoms with Crippen LogP contribution < -0.4 is 10.6 Å². The average molecular weight is 355 g/mol. The quantitative estimate of drug-likeness (QED) is 0.776. The van der Waals surface area contributed by atoms with Crippen LogP contribution in [0.2, 0.25) is 0 Å². The molecule has 2 amide bonds. The standard InChI is InChI=1S/C19H21N3O4/c1-22(2)18(24)13-4-8-15(9-5-13)20-12-17(23)21-16-10-6-14(7-11-16)19(25)26-3/h4-11,20H,12H2,1-3H3,(H,21,23). The van der Waals surface area contributed by atoms with Gasteiger partial charge in [0.05, 0.1) is 19.2 Å². The molecule has 0 saturated heterocycles. The number of hydrogen-bond donors (Lipinski definition) is 2. The minimum Gasteiger partial charge on any atom is -0.465 e. The highest BCUT2D eigenvalue weighted by Gasteiger charge is 2.08. The van der Waals surface area contributed by atoms with Crippen LogP contribution in [0.25, 0.3) is 0 Å². The maximum atomic E-state index is 12.0. The molecule has 26 heavy (non-hydrogen) atoms. The van der Waals surface area contributed by atoms with E-state index in [1.807, 2.05) is 0 Å². The fourth-order valence-corrected chi connectivity index (χ4v) is 2.18. The van der Waals surface area contributed by atoms with Gasteiger partial charge in [0.2, 0.25) is 5.91 Å². The second kappa shape index (κ2) is 8.66. The Hall–Kier alpha value is -3.35. The second-order valence-corrected chi connectivity index (χ2v) is 5.75. The van der Waals surface area contributed by atoms with E-state index in [2.05, 4.69) is 15.4 Å². The van der Waals surface area contributed by atoms with Gasteiger partial charge in [-0.15, -0.1) is 0 Å². The number of benzene rings is 2. The first kappa shape index (κ1) is 19.0. The molecule has 0 aliphatic heterocycles. The van der Waals surface area contributed by atoms with Crippen LogP contribution in [0.15, 0.2) is 48.5 Å². The molecule has 2 aromatic carbocycles. The van der Waals surface area contributed by atoms with Crippen LogP contribution in [-0.4, -0.2) is 50.4 Å². The summed E-state index contributed by atoms with van der Waals surface area (Å²) in [7, 11) is 4.69. The summed E-state index contributed by atoms with van der Waals surface area (Å²) in [4.78, 5) is 36.7. The van der Waals surface area contributed by atoms with E-state index in [4.69, 9.17) is 0 Å². The van der Waals surface area contributed by atoms with Crippen LogP contribution in [0.4, 0.5) is 11.4 Å². The lowest BCUT2D eigenvalue weighted by molar-refractivity contribution is -0.114. The molecule has 0 aliphatic carbocycles. The zero-order valence-electron chi connectivity index (χ0n) is 14.9. The van der Waals surface area contributed by atoms with Crippen molar-refractivity contribution in [1.29, 1.82) is 0 Å². The normalized spacial score (nSPS) is 9.96. The zero-order chi connectivity index (χ0) is 19.1. The molecule has 0 aromatic heterocycles. The number of esters is 1. The molecule has 0 aliphatic rings. The van der Waals surface area contributed by atoms with Crippen molar-refractivity contribution in [1.82, 2.24) is 4.90 Å². The van der Waals surface area contributed by atoms with Gasteiger partial charge in [-0.2, -0.15) is 0 Å². The third-order valence-corrected chi connectivity index (χ3v) is 3.58. The number of amides is 2.